The monoisotopic (exact) mass is 236 g/mol. The lowest BCUT2D eigenvalue weighted by Gasteiger charge is -2.28. The fourth-order valence-electron chi connectivity index (χ4n) is 1.97. The van der Waals surface area contributed by atoms with Crippen molar-refractivity contribution in [2.75, 3.05) is 24.3 Å². The molecule has 2 N–H and O–H groups in total. The SMILES string of the molecule is CCCC(C)N(C)c1cccc(OCC)c1N. The minimum Gasteiger partial charge on any atom is -0.492 e. The van der Waals surface area contributed by atoms with Crippen molar-refractivity contribution in [3.8, 4) is 5.75 Å². The zero-order valence-electron chi connectivity index (χ0n) is 11.4. The smallest absolute Gasteiger partial charge is 0.144 e. The molecule has 0 aliphatic rings. The van der Waals surface area contributed by atoms with Crippen molar-refractivity contribution in [1.29, 1.82) is 0 Å². The molecular formula is C14H24N2O. The van der Waals surface area contributed by atoms with E-state index in [0.29, 0.717) is 12.6 Å². The van der Waals surface area contributed by atoms with Crippen LogP contribution in [-0.2, 0) is 0 Å². The van der Waals surface area contributed by atoms with Crippen molar-refractivity contribution < 1.29 is 4.74 Å². The lowest BCUT2D eigenvalue weighted by Crippen LogP contribution is -2.29. The molecule has 0 fully saturated rings. The zero-order chi connectivity index (χ0) is 12.8. The van der Waals surface area contributed by atoms with Gasteiger partial charge in [0.05, 0.1) is 18.0 Å². The molecule has 0 aliphatic heterocycles. The third-order valence-corrected chi connectivity index (χ3v) is 3.09. The number of anilines is 2. The minimum absolute atomic E-state index is 0.485. The molecule has 96 valence electrons. The highest BCUT2D eigenvalue weighted by Crippen LogP contribution is 2.32. The van der Waals surface area contributed by atoms with Crippen LogP contribution in [0.3, 0.4) is 0 Å². The van der Waals surface area contributed by atoms with Crippen LogP contribution in [0.5, 0.6) is 5.75 Å². The van der Waals surface area contributed by atoms with Gasteiger partial charge in [0.1, 0.15) is 5.75 Å². The molecule has 1 unspecified atom stereocenters. The van der Waals surface area contributed by atoms with Crippen LogP contribution in [0, 0.1) is 0 Å². The Kier molecular flexibility index (Phi) is 5.13. The van der Waals surface area contributed by atoms with Gasteiger partial charge in [-0.2, -0.15) is 0 Å². The average molecular weight is 236 g/mol. The van der Waals surface area contributed by atoms with E-state index in [4.69, 9.17) is 10.5 Å². The summed E-state index contributed by atoms with van der Waals surface area (Å²) in [6, 6.07) is 6.44. The highest BCUT2D eigenvalue weighted by atomic mass is 16.5. The van der Waals surface area contributed by atoms with Crippen LogP contribution in [0.1, 0.15) is 33.6 Å². The van der Waals surface area contributed by atoms with Gasteiger partial charge >= 0.3 is 0 Å². The third-order valence-electron chi connectivity index (χ3n) is 3.09. The van der Waals surface area contributed by atoms with E-state index < -0.39 is 0 Å². The molecule has 17 heavy (non-hydrogen) atoms. The number of nitrogen functional groups attached to an aromatic ring is 1. The van der Waals surface area contributed by atoms with E-state index in [0.717, 1.165) is 23.5 Å². The Morgan fingerprint density at radius 3 is 2.65 bits per heavy atom. The van der Waals surface area contributed by atoms with Crippen molar-refractivity contribution in [2.24, 2.45) is 0 Å². The Labute approximate surface area is 105 Å². The number of rotatable bonds is 6. The normalized spacial score (nSPS) is 12.2. The largest absolute Gasteiger partial charge is 0.492 e. The molecule has 0 aliphatic carbocycles. The number of benzene rings is 1. The van der Waals surface area contributed by atoms with Crippen molar-refractivity contribution in [3.05, 3.63) is 18.2 Å². The number of ether oxygens (including phenoxy) is 1. The summed E-state index contributed by atoms with van der Waals surface area (Å²) in [7, 11) is 2.09. The van der Waals surface area contributed by atoms with Gasteiger partial charge in [0, 0.05) is 13.1 Å². The van der Waals surface area contributed by atoms with E-state index in [1.54, 1.807) is 0 Å². The summed E-state index contributed by atoms with van der Waals surface area (Å²) in [6.45, 7) is 7.03. The Bertz CT molecular complexity index is 352. The standard InChI is InChI=1S/C14H24N2O/c1-5-8-11(3)16(4)12-9-7-10-13(14(12)15)17-6-2/h7,9-11H,5-6,8,15H2,1-4H3. The van der Waals surface area contributed by atoms with Gasteiger partial charge in [0.15, 0.2) is 0 Å². The maximum atomic E-state index is 6.14. The Morgan fingerprint density at radius 1 is 1.35 bits per heavy atom. The summed E-state index contributed by atoms with van der Waals surface area (Å²) in [6.07, 6.45) is 2.34. The minimum atomic E-state index is 0.485. The van der Waals surface area contributed by atoms with E-state index in [1.165, 1.54) is 6.42 Å². The maximum absolute atomic E-state index is 6.14. The number of hydrogen-bond donors (Lipinski definition) is 1. The van der Waals surface area contributed by atoms with Crippen LogP contribution in [0.4, 0.5) is 11.4 Å². The number of nitrogens with two attached hydrogens (primary N) is 1. The first-order valence-electron chi connectivity index (χ1n) is 6.35. The second-order valence-corrected chi connectivity index (χ2v) is 4.37. The van der Waals surface area contributed by atoms with Crippen molar-refractivity contribution in [1.82, 2.24) is 0 Å². The van der Waals surface area contributed by atoms with Gasteiger partial charge < -0.3 is 15.4 Å². The molecule has 3 heteroatoms. The molecule has 0 amide bonds. The fourth-order valence-corrected chi connectivity index (χ4v) is 1.97. The lowest BCUT2D eigenvalue weighted by atomic mass is 10.1. The fraction of sp³-hybridized carbons (Fsp3) is 0.571. The van der Waals surface area contributed by atoms with E-state index in [-0.39, 0.29) is 0 Å². The van der Waals surface area contributed by atoms with E-state index in [1.807, 2.05) is 25.1 Å². The quantitative estimate of drug-likeness (QED) is 0.770. The predicted octanol–water partition coefficient (Wildman–Crippen LogP) is 3.29. The molecule has 0 radical (unpaired) electrons. The first kappa shape index (κ1) is 13.7. The van der Waals surface area contributed by atoms with Gasteiger partial charge in [-0.25, -0.2) is 0 Å². The van der Waals surface area contributed by atoms with E-state index >= 15 is 0 Å². The molecular weight excluding hydrogens is 212 g/mol. The summed E-state index contributed by atoms with van der Waals surface area (Å²) in [5.41, 5.74) is 7.93. The van der Waals surface area contributed by atoms with Gasteiger partial charge in [-0.1, -0.05) is 19.4 Å². The number of nitrogens with zero attached hydrogens (tertiary/aromatic N) is 1. The Hall–Kier alpha value is -1.38. The van der Waals surface area contributed by atoms with Crippen LogP contribution < -0.4 is 15.4 Å². The summed E-state index contributed by atoms with van der Waals surface area (Å²) in [5, 5.41) is 0. The molecule has 0 saturated carbocycles. The maximum Gasteiger partial charge on any atom is 0.144 e. The van der Waals surface area contributed by atoms with Gasteiger partial charge in [0.2, 0.25) is 0 Å². The Morgan fingerprint density at radius 2 is 2.06 bits per heavy atom. The molecule has 0 spiro atoms. The lowest BCUT2D eigenvalue weighted by molar-refractivity contribution is 0.342. The first-order valence-corrected chi connectivity index (χ1v) is 6.35. The molecule has 0 saturated heterocycles. The van der Waals surface area contributed by atoms with E-state index in [2.05, 4.69) is 25.8 Å². The van der Waals surface area contributed by atoms with Crippen LogP contribution in [0.15, 0.2) is 18.2 Å². The van der Waals surface area contributed by atoms with Crippen LogP contribution in [0.2, 0.25) is 0 Å². The summed E-state index contributed by atoms with van der Waals surface area (Å²) in [4.78, 5) is 2.22. The second kappa shape index (κ2) is 6.38. The topological polar surface area (TPSA) is 38.5 Å². The molecule has 1 rings (SSSR count). The number of para-hydroxylation sites is 1. The summed E-state index contributed by atoms with van der Waals surface area (Å²) in [5.74, 6) is 0.778. The van der Waals surface area contributed by atoms with Gasteiger partial charge in [0.25, 0.3) is 0 Å². The van der Waals surface area contributed by atoms with Crippen LogP contribution in [-0.4, -0.2) is 19.7 Å². The van der Waals surface area contributed by atoms with Gasteiger partial charge in [-0.05, 0) is 32.4 Å². The van der Waals surface area contributed by atoms with Crippen LogP contribution >= 0.6 is 0 Å². The Balaban J connectivity index is 2.93. The summed E-state index contributed by atoms with van der Waals surface area (Å²) >= 11 is 0. The van der Waals surface area contributed by atoms with E-state index in [9.17, 15) is 0 Å². The molecule has 1 aromatic carbocycles. The second-order valence-electron chi connectivity index (χ2n) is 4.37. The first-order chi connectivity index (χ1) is 8.11. The summed E-state index contributed by atoms with van der Waals surface area (Å²) < 4.78 is 5.52. The van der Waals surface area contributed by atoms with Crippen molar-refractivity contribution in [2.45, 2.75) is 39.7 Å². The van der Waals surface area contributed by atoms with Crippen molar-refractivity contribution >= 4 is 11.4 Å². The highest BCUT2D eigenvalue weighted by Gasteiger charge is 2.14. The molecule has 3 nitrogen and oxygen atoms in total. The molecule has 0 heterocycles. The van der Waals surface area contributed by atoms with Crippen molar-refractivity contribution in [3.63, 3.8) is 0 Å². The average Bonchev–Trinajstić information content (AvgIpc) is 2.31. The zero-order valence-corrected chi connectivity index (χ0v) is 11.4. The molecule has 1 atom stereocenters. The molecule has 0 bridgehead atoms. The molecule has 1 aromatic rings. The van der Waals surface area contributed by atoms with Gasteiger partial charge in [-0.15, -0.1) is 0 Å². The third kappa shape index (κ3) is 3.29. The van der Waals surface area contributed by atoms with Gasteiger partial charge in [-0.3, -0.25) is 0 Å². The predicted molar refractivity (Wildman–Crippen MR) is 74.8 cm³/mol. The highest BCUT2D eigenvalue weighted by molar-refractivity contribution is 5.74. The molecule has 0 aromatic heterocycles. The van der Waals surface area contributed by atoms with Crippen LogP contribution in [0.25, 0.3) is 0 Å². The number of hydrogen-bond acceptors (Lipinski definition) is 3.